The molecule has 2 aromatic carbocycles. The largest absolute Gasteiger partial charge is 0.492 e. The Bertz CT molecular complexity index is 562. The van der Waals surface area contributed by atoms with Crippen molar-refractivity contribution in [2.24, 2.45) is 0 Å². The highest BCUT2D eigenvalue weighted by Gasteiger charge is 2.05. The molecule has 2 aromatic rings. The highest BCUT2D eigenvalue weighted by atomic mass is 79.9. The van der Waals surface area contributed by atoms with Gasteiger partial charge in [-0.15, -0.1) is 0 Å². The van der Waals surface area contributed by atoms with Gasteiger partial charge in [0.2, 0.25) is 0 Å². The molecule has 20 heavy (non-hydrogen) atoms. The van der Waals surface area contributed by atoms with E-state index in [2.05, 4.69) is 21.2 Å². The van der Waals surface area contributed by atoms with Gasteiger partial charge in [-0.05, 0) is 42.8 Å². The second-order valence-corrected chi connectivity index (χ2v) is 5.45. The van der Waals surface area contributed by atoms with Gasteiger partial charge in [0.25, 0.3) is 0 Å². The average Bonchev–Trinajstić information content (AvgIpc) is 2.43. The predicted molar refractivity (Wildman–Crippen MR) is 82.5 cm³/mol. The molecule has 4 heteroatoms. The van der Waals surface area contributed by atoms with Crippen LogP contribution >= 0.6 is 15.9 Å². The number of hydrogen-bond acceptors (Lipinski definition) is 2. The van der Waals surface area contributed by atoms with Crippen LogP contribution in [-0.4, -0.2) is 13.2 Å². The van der Waals surface area contributed by atoms with Crippen molar-refractivity contribution >= 4 is 15.9 Å². The number of benzene rings is 2. The highest BCUT2D eigenvalue weighted by Crippen LogP contribution is 2.17. The zero-order valence-electron chi connectivity index (χ0n) is 11.3. The van der Waals surface area contributed by atoms with Gasteiger partial charge in [0.05, 0.1) is 0 Å². The molecule has 0 saturated carbocycles. The Labute approximate surface area is 127 Å². The minimum absolute atomic E-state index is 0.0943. The van der Waals surface area contributed by atoms with Gasteiger partial charge in [0.15, 0.2) is 0 Å². The van der Waals surface area contributed by atoms with Crippen molar-refractivity contribution in [2.45, 2.75) is 13.0 Å². The molecule has 2 nitrogen and oxygen atoms in total. The Morgan fingerprint density at radius 3 is 2.75 bits per heavy atom. The summed E-state index contributed by atoms with van der Waals surface area (Å²) < 4.78 is 19.7. The predicted octanol–water partition coefficient (Wildman–Crippen LogP) is 4.32. The molecule has 0 amide bonds. The lowest BCUT2D eigenvalue weighted by molar-refractivity contribution is 0.307. The summed E-state index contributed by atoms with van der Waals surface area (Å²) in [5.74, 6) is 0.626. The van der Waals surface area contributed by atoms with Crippen molar-refractivity contribution in [3.05, 3.63) is 64.4 Å². The molecule has 0 spiro atoms. The lowest BCUT2D eigenvalue weighted by atomic mass is 10.1. The summed E-state index contributed by atoms with van der Waals surface area (Å²) in [5, 5.41) is 3.31. The lowest BCUT2D eigenvalue weighted by Gasteiger charge is -2.14. The van der Waals surface area contributed by atoms with Crippen molar-refractivity contribution in [3.63, 3.8) is 0 Å². The summed E-state index contributed by atoms with van der Waals surface area (Å²) in [7, 11) is 0. The van der Waals surface area contributed by atoms with Gasteiger partial charge in [-0.25, -0.2) is 4.39 Å². The van der Waals surface area contributed by atoms with E-state index in [4.69, 9.17) is 4.74 Å². The molecule has 2 rings (SSSR count). The van der Waals surface area contributed by atoms with Crippen LogP contribution in [0.5, 0.6) is 5.75 Å². The molecule has 0 radical (unpaired) electrons. The first kappa shape index (κ1) is 15.0. The Morgan fingerprint density at radius 1 is 1.20 bits per heavy atom. The van der Waals surface area contributed by atoms with Crippen LogP contribution in [0.4, 0.5) is 4.39 Å². The van der Waals surface area contributed by atoms with Crippen LogP contribution in [0, 0.1) is 5.82 Å². The molecule has 0 fully saturated rings. The molecule has 0 unspecified atom stereocenters. The molecule has 1 atom stereocenters. The topological polar surface area (TPSA) is 21.3 Å². The molecule has 0 bridgehead atoms. The minimum Gasteiger partial charge on any atom is -0.492 e. The van der Waals surface area contributed by atoms with E-state index in [1.165, 1.54) is 6.07 Å². The minimum atomic E-state index is -0.207. The second kappa shape index (κ2) is 7.41. The van der Waals surface area contributed by atoms with Gasteiger partial charge in [-0.3, -0.25) is 0 Å². The van der Waals surface area contributed by atoms with E-state index >= 15 is 0 Å². The Kier molecular flexibility index (Phi) is 5.56. The monoisotopic (exact) mass is 337 g/mol. The summed E-state index contributed by atoms with van der Waals surface area (Å²) in [6.07, 6.45) is 0. The van der Waals surface area contributed by atoms with Gasteiger partial charge in [0.1, 0.15) is 18.2 Å². The van der Waals surface area contributed by atoms with E-state index in [-0.39, 0.29) is 11.9 Å². The smallest absolute Gasteiger partial charge is 0.123 e. The summed E-state index contributed by atoms with van der Waals surface area (Å²) in [6.45, 7) is 3.27. The zero-order valence-corrected chi connectivity index (χ0v) is 12.9. The highest BCUT2D eigenvalue weighted by molar-refractivity contribution is 9.10. The summed E-state index contributed by atoms with van der Waals surface area (Å²) >= 11 is 3.40. The molecular weight excluding hydrogens is 321 g/mol. The van der Waals surface area contributed by atoms with Gasteiger partial charge in [-0.2, -0.15) is 0 Å². The third-order valence-electron chi connectivity index (χ3n) is 2.97. The first-order chi connectivity index (χ1) is 9.65. The maximum atomic E-state index is 13.1. The van der Waals surface area contributed by atoms with E-state index in [9.17, 15) is 4.39 Å². The molecule has 0 aromatic heterocycles. The Balaban J connectivity index is 1.76. The van der Waals surface area contributed by atoms with Gasteiger partial charge >= 0.3 is 0 Å². The summed E-state index contributed by atoms with van der Waals surface area (Å²) in [5.41, 5.74) is 0.937. The van der Waals surface area contributed by atoms with E-state index in [0.717, 1.165) is 15.8 Å². The molecule has 0 aliphatic rings. The molecule has 106 valence electrons. The zero-order chi connectivity index (χ0) is 14.4. The van der Waals surface area contributed by atoms with E-state index < -0.39 is 0 Å². The maximum absolute atomic E-state index is 13.1. The first-order valence-electron chi connectivity index (χ1n) is 6.52. The number of nitrogens with one attached hydrogen (secondary N) is 1. The normalized spacial score (nSPS) is 12.2. The fourth-order valence-corrected chi connectivity index (χ4v) is 2.27. The average molecular weight is 338 g/mol. The van der Waals surface area contributed by atoms with Crippen molar-refractivity contribution < 1.29 is 9.13 Å². The molecule has 1 N–H and O–H groups in total. The number of hydrogen-bond donors (Lipinski definition) is 1. The molecular formula is C16H17BrFNO. The van der Waals surface area contributed by atoms with Crippen LogP contribution in [0.25, 0.3) is 0 Å². The number of halogens is 2. The van der Waals surface area contributed by atoms with Crippen molar-refractivity contribution in [1.82, 2.24) is 5.32 Å². The van der Waals surface area contributed by atoms with Gasteiger partial charge in [0, 0.05) is 17.1 Å². The first-order valence-corrected chi connectivity index (χ1v) is 7.31. The van der Waals surface area contributed by atoms with Crippen molar-refractivity contribution in [3.8, 4) is 5.75 Å². The Hall–Kier alpha value is -1.39. The fraction of sp³-hybridized carbons (Fsp3) is 0.250. The molecule has 0 aliphatic heterocycles. The fourth-order valence-electron chi connectivity index (χ4n) is 1.89. The van der Waals surface area contributed by atoms with E-state index in [0.29, 0.717) is 13.2 Å². The molecule has 0 saturated heterocycles. The van der Waals surface area contributed by atoms with Crippen LogP contribution in [0.3, 0.4) is 0 Å². The maximum Gasteiger partial charge on any atom is 0.123 e. The third-order valence-corrected chi connectivity index (χ3v) is 3.46. The number of ether oxygens (including phenoxy) is 1. The van der Waals surface area contributed by atoms with Crippen LogP contribution in [0.15, 0.2) is 53.0 Å². The summed E-state index contributed by atoms with van der Waals surface area (Å²) in [6, 6.07) is 14.5. The lowest BCUT2D eigenvalue weighted by Crippen LogP contribution is -2.24. The Morgan fingerprint density at radius 2 is 2.00 bits per heavy atom. The van der Waals surface area contributed by atoms with Gasteiger partial charge in [-0.1, -0.05) is 34.1 Å². The summed E-state index contributed by atoms with van der Waals surface area (Å²) in [4.78, 5) is 0. The van der Waals surface area contributed by atoms with Crippen molar-refractivity contribution in [1.29, 1.82) is 0 Å². The number of rotatable bonds is 6. The standard InChI is InChI=1S/C16H17BrFNO/c1-12(13-4-2-6-15(18)10-13)19-8-9-20-16-7-3-5-14(17)11-16/h2-7,10-12,19H,8-9H2,1H3/t12-/m0/s1. The van der Waals surface area contributed by atoms with Crippen LogP contribution < -0.4 is 10.1 Å². The quantitative estimate of drug-likeness (QED) is 0.792. The second-order valence-electron chi connectivity index (χ2n) is 4.54. The third kappa shape index (κ3) is 4.62. The van der Waals surface area contributed by atoms with E-state index in [1.807, 2.05) is 37.3 Å². The molecule has 0 aliphatic carbocycles. The van der Waals surface area contributed by atoms with Crippen LogP contribution in [0.2, 0.25) is 0 Å². The van der Waals surface area contributed by atoms with Gasteiger partial charge < -0.3 is 10.1 Å². The van der Waals surface area contributed by atoms with Crippen LogP contribution in [0.1, 0.15) is 18.5 Å². The van der Waals surface area contributed by atoms with Crippen LogP contribution in [-0.2, 0) is 0 Å². The SMILES string of the molecule is C[C@H](NCCOc1cccc(Br)c1)c1cccc(F)c1. The van der Waals surface area contributed by atoms with Crippen molar-refractivity contribution in [2.75, 3.05) is 13.2 Å². The van der Waals surface area contributed by atoms with E-state index in [1.54, 1.807) is 12.1 Å². The molecule has 0 heterocycles.